The molecule has 2 heteroatoms. The first kappa shape index (κ1) is 12.4. The fraction of sp³-hybridized carbons (Fsp3) is 1.00. The molecule has 1 aliphatic rings. The maximum absolute atomic E-state index is 4.30. The quantitative estimate of drug-likeness (QED) is 0.693. The Morgan fingerprint density at radius 2 is 1.93 bits per heavy atom. The van der Waals surface area contributed by atoms with Crippen LogP contribution in [0.25, 0.3) is 0 Å². The molecule has 1 atom stereocenters. The lowest BCUT2D eigenvalue weighted by Crippen LogP contribution is -2.28. The van der Waals surface area contributed by atoms with Crippen LogP contribution in [0.1, 0.15) is 40.0 Å². The molecule has 0 bridgehead atoms. The fourth-order valence-corrected chi connectivity index (χ4v) is 2.67. The third-order valence-corrected chi connectivity index (χ3v) is 3.66. The molecule has 0 saturated carbocycles. The third-order valence-electron chi connectivity index (χ3n) is 3.46. The van der Waals surface area contributed by atoms with Gasteiger partial charge in [0.2, 0.25) is 0 Å². The minimum absolute atomic E-state index is 0.497. The second-order valence-electron chi connectivity index (χ2n) is 5.56. The lowest BCUT2D eigenvalue weighted by atomic mass is 9.77. The normalized spacial score (nSPS) is 26.1. The fourth-order valence-electron chi connectivity index (χ4n) is 2.39. The van der Waals surface area contributed by atoms with Crippen LogP contribution in [0, 0.1) is 11.3 Å². The minimum Gasteiger partial charge on any atom is -0.303 e. The summed E-state index contributed by atoms with van der Waals surface area (Å²) in [6.07, 6.45) is 4.15. The van der Waals surface area contributed by atoms with Crippen LogP contribution in [0.2, 0.25) is 0 Å². The van der Waals surface area contributed by atoms with Crippen molar-refractivity contribution in [2.75, 3.05) is 25.4 Å². The molecule has 1 fully saturated rings. The van der Waals surface area contributed by atoms with E-state index >= 15 is 0 Å². The van der Waals surface area contributed by atoms with Crippen LogP contribution in [0.3, 0.4) is 0 Å². The Kier molecular flexibility index (Phi) is 4.78. The smallest absolute Gasteiger partial charge is 0.00698 e. The summed E-state index contributed by atoms with van der Waals surface area (Å²) in [5, 5.41) is 0. The number of hydrogen-bond donors (Lipinski definition) is 1. The summed E-state index contributed by atoms with van der Waals surface area (Å²) in [5.74, 6) is 1.91. The van der Waals surface area contributed by atoms with Crippen molar-refractivity contribution in [3.8, 4) is 0 Å². The van der Waals surface area contributed by atoms with Crippen molar-refractivity contribution in [2.24, 2.45) is 11.3 Å². The van der Waals surface area contributed by atoms with E-state index in [2.05, 4.69) is 38.3 Å². The maximum atomic E-state index is 4.30. The molecule has 1 nitrogen and oxygen atoms in total. The number of likely N-dealkylation sites (tertiary alicyclic amines) is 1. The molecule has 0 aliphatic carbocycles. The number of hydrogen-bond acceptors (Lipinski definition) is 2. The van der Waals surface area contributed by atoms with Crippen molar-refractivity contribution in [1.29, 1.82) is 0 Å². The molecule has 0 radical (unpaired) electrons. The minimum atomic E-state index is 0.497. The van der Waals surface area contributed by atoms with Gasteiger partial charge < -0.3 is 4.90 Å². The average molecular weight is 215 g/mol. The van der Waals surface area contributed by atoms with Crippen molar-refractivity contribution >= 4 is 12.6 Å². The standard InChI is InChI=1S/C12H25NS/c1-12(2,3)11-5-4-7-13(8-6-11)9-10-14/h11,14H,4-10H2,1-3H3. The number of nitrogens with zero attached hydrogens (tertiary/aromatic N) is 1. The van der Waals surface area contributed by atoms with E-state index in [9.17, 15) is 0 Å². The Labute approximate surface area is 94.7 Å². The summed E-state index contributed by atoms with van der Waals surface area (Å²) in [7, 11) is 0. The predicted molar refractivity (Wildman–Crippen MR) is 67.1 cm³/mol. The summed E-state index contributed by atoms with van der Waals surface area (Å²) in [6.45, 7) is 10.9. The summed E-state index contributed by atoms with van der Waals surface area (Å²) < 4.78 is 0. The highest BCUT2D eigenvalue weighted by Crippen LogP contribution is 2.34. The molecule has 1 aliphatic heterocycles. The molecule has 14 heavy (non-hydrogen) atoms. The largest absolute Gasteiger partial charge is 0.303 e. The zero-order chi connectivity index (χ0) is 10.6. The van der Waals surface area contributed by atoms with Gasteiger partial charge in [0, 0.05) is 12.3 Å². The first-order chi connectivity index (χ1) is 6.54. The topological polar surface area (TPSA) is 3.24 Å². The Bertz CT molecular complexity index is 162. The van der Waals surface area contributed by atoms with Gasteiger partial charge in [-0.3, -0.25) is 0 Å². The Hall–Kier alpha value is 0.310. The van der Waals surface area contributed by atoms with Gasteiger partial charge in [-0.2, -0.15) is 12.6 Å². The molecule has 0 aromatic rings. The second kappa shape index (κ2) is 5.41. The van der Waals surface area contributed by atoms with E-state index in [0.717, 1.165) is 11.7 Å². The highest BCUT2D eigenvalue weighted by Gasteiger charge is 2.26. The van der Waals surface area contributed by atoms with E-state index in [-0.39, 0.29) is 0 Å². The number of rotatable bonds is 2. The number of thiol groups is 1. The van der Waals surface area contributed by atoms with Crippen LogP contribution >= 0.6 is 12.6 Å². The molecule has 84 valence electrons. The zero-order valence-corrected chi connectivity index (χ0v) is 10.8. The van der Waals surface area contributed by atoms with Gasteiger partial charge in [-0.15, -0.1) is 0 Å². The molecule has 0 amide bonds. The highest BCUT2D eigenvalue weighted by atomic mass is 32.1. The first-order valence-electron chi connectivity index (χ1n) is 5.87. The monoisotopic (exact) mass is 215 g/mol. The molecular formula is C12H25NS. The third kappa shape index (κ3) is 3.82. The van der Waals surface area contributed by atoms with Crippen molar-refractivity contribution in [2.45, 2.75) is 40.0 Å². The van der Waals surface area contributed by atoms with Gasteiger partial charge >= 0.3 is 0 Å². The van der Waals surface area contributed by atoms with Crippen LogP contribution in [0.4, 0.5) is 0 Å². The summed E-state index contributed by atoms with van der Waals surface area (Å²) in [6, 6.07) is 0. The van der Waals surface area contributed by atoms with E-state index in [0.29, 0.717) is 5.41 Å². The van der Waals surface area contributed by atoms with Gasteiger partial charge in [0.15, 0.2) is 0 Å². The van der Waals surface area contributed by atoms with E-state index < -0.39 is 0 Å². The van der Waals surface area contributed by atoms with E-state index in [1.54, 1.807) is 0 Å². The van der Waals surface area contributed by atoms with Crippen LogP contribution in [0.15, 0.2) is 0 Å². The van der Waals surface area contributed by atoms with Crippen LogP contribution in [-0.2, 0) is 0 Å². The van der Waals surface area contributed by atoms with Crippen molar-refractivity contribution in [3.63, 3.8) is 0 Å². The molecule has 0 aromatic carbocycles. The summed E-state index contributed by atoms with van der Waals surface area (Å²) >= 11 is 4.30. The van der Waals surface area contributed by atoms with Crippen LogP contribution < -0.4 is 0 Å². The van der Waals surface area contributed by atoms with Crippen LogP contribution in [0.5, 0.6) is 0 Å². The van der Waals surface area contributed by atoms with Gasteiger partial charge in [0.1, 0.15) is 0 Å². The maximum Gasteiger partial charge on any atom is 0.00698 e. The molecule has 1 heterocycles. The van der Waals surface area contributed by atoms with Gasteiger partial charge in [-0.05, 0) is 43.7 Å². The summed E-state index contributed by atoms with van der Waals surface area (Å²) in [4.78, 5) is 2.57. The molecular weight excluding hydrogens is 190 g/mol. The van der Waals surface area contributed by atoms with Gasteiger partial charge in [0.05, 0.1) is 0 Å². The summed E-state index contributed by atoms with van der Waals surface area (Å²) in [5.41, 5.74) is 0.497. The Balaban J connectivity index is 2.41. The SMILES string of the molecule is CC(C)(C)C1CCCN(CCS)CC1. The highest BCUT2D eigenvalue weighted by molar-refractivity contribution is 7.80. The predicted octanol–water partition coefficient (Wildman–Crippen LogP) is 3.06. The molecule has 0 aromatic heterocycles. The van der Waals surface area contributed by atoms with E-state index in [1.807, 2.05) is 0 Å². The second-order valence-corrected chi connectivity index (χ2v) is 6.01. The Morgan fingerprint density at radius 3 is 2.50 bits per heavy atom. The molecule has 1 unspecified atom stereocenters. The van der Waals surface area contributed by atoms with Gasteiger partial charge in [-0.1, -0.05) is 20.8 Å². The van der Waals surface area contributed by atoms with Crippen LogP contribution in [-0.4, -0.2) is 30.3 Å². The zero-order valence-electron chi connectivity index (χ0n) is 9.92. The lowest BCUT2D eigenvalue weighted by Gasteiger charge is -2.29. The molecule has 1 rings (SSSR count). The van der Waals surface area contributed by atoms with Gasteiger partial charge in [0.25, 0.3) is 0 Å². The Morgan fingerprint density at radius 1 is 1.21 bits per heavy atom. The van der Waals surface area contributed by atoms with Gasteiger partial charge in [-0.25, -0.2) is 0 Å². The average Bonchev–Trinajstić information content (AvgIpc) is 2.29. The molecule has 0 spiro atoms. The van der Waals surface area contributed by atoms with E-state index in [4.69, 9.17) is 0 Å². The van der Waals surface area contributed by atoms with Crippen molar-refractivity contribution in [3.05, 3.63) is 0 Å². The van der Waals surface area contributed by atoms with E-state index in [1.165, 1.54) is 38.9 Å². The van der Waals surface area contributed by atoms with Crippen molar-refractivity contribution < 1.29 is 0 Å². The first-order valence-corrected chi connectivity index (χ1v) is 6.50. The molecule has 0 N–H and O–H groups in total. The van der Waals surface area contributed by atoms with Crippen molar-refractivity contribution in [1.82, 2.24) is 4.90 Å². The molecule has 1 saturated heterocycles. The lowest BCUT2D eigenvalue weighted by molar-refractivity contribution is 0.210.